The van der Waals surface area contributed by atoms with Crippen LogP contribution in [0.15, 0.2) is 28.9 Å². The van der Waals surface area contributed by atoms with Gasteiger partial charge < -0.3 is 0 Å². The Balaban J connectivity index is 2.82. The van der Waals surface area contributed by atoms with Gasteiger partial charge in [-0.05, 0) is 18.6 Å². The minimum absolute atomic E-state index is 0.104. The number of aliphatic imine (C=N–C) groups is 1. The first-order valence-electron chi connectivity index (χ1n) is 3.68. The highest BCUT2D eigenvalue weighted by atomic mass is 14.7. The molecule has 0 aromatic heterocycles. The Hall–Kier alpha value is -1.36. The zero-order chi connectivity index (χ0) is 8.10. The summed E-state index contributed by atoms with van der Waals surface area (Å²) in [5, 5.41) is 8.63. The lowest BCUT2D eigenvalue weighted by molar-refractivity contribution is 0.997. The van der Waals surface area contributed by atoms with Gasteiger partial charge in [-0.25, -0.2) is 0 Å². The molecule has 0 saturated carbocycles. The van der Waals surface area contributed by atoms with E-state index < -0.39 is 0 Å². The molecule has 1 atom stereocenters. The van der Waals surface area contributed by atoms with Gasteiger partial charge in [0, 0.05) is 11.9 Å². The first kappa shape index (κ1) is 7.74. The third-order valence-electron chi connectivity index (χ3n) is 1.53. The molecular weight excluding hydrogens is 136 g/mol. The van der Waals surface area contributed by atoms with Gasteiger partial charge in [-0.1, -0.05) is 13.0 Å². The van der Waals surface area contributed by atoms with Crippen LogP contribution in [-0.2, 0) is 0 Å². The van der Waals surface area contributed by atoms with Crippen molar-refractivity contribution in [2.75, 3.05) is 0 Å². The Bertz CT molecular complexity index is 253. The highest BCUT2D eigenvalue weighted by molar-refractivity contribution is 5.73. The van der Waals surface area contributed by atoms with Crippen molar-refractivity contribution in [1.29, 1.82) is 5.26 Å². The van der Waals surface area contributed by atoms with Crippen molar-refractivity contribution in [1.82, 2.24) is 0 Å². The molecule has 1 rings (SSSR count). The van der Waals surface area contributed by atoms with Gasteiger partial charge in [-0.3, -0.25) is 4.99 Å². The minimum atomic E-state index is -0.104. The van der Waals surface area contributed by atoms with Crippen molar-refractivity contribution >= 4 is 6.21 Å². The molecule has 0 spiro atoms. The largest absolute Gasteiger partial charge is 0.262 e. The van der Waals surface area contributed by atoms with Gasteiger partial charge in [-0.2, -0.15) is 5.26 Å². The van der Waals surface area contributed by atoms with Crippen molar-refractivity contribution in [2.45, 2.75) is 13.3 Å². The van der Waals surface area contributed by atoms with Gasteiger partial charge in [0.15, 0.2) is 0 Å². The summed E-state index contributed by atoms with van der Waals surface area (Å²) in [6.07, 6.45) is 8.15. The second-order valence-electron chi connectivity index (χ2n) is 2.33. The van der Waals surface area contributed by atoms with Gasteiger partial charge in [0.2, 0.25) is 0 Å². The van der Waals surface area contributed by atoms with Crippen LogP contribution in [0.2, 0.25) is 0 Å². The Morgan fingerprint density at radius 2 is 2.55 bits per heavy atom. The molecule has 0 saturated heterocycles. The van der Waals surface area contributed by atoms with E-state index in [4.69, 9.17) is 5.26 Å². The summed E-state index contributed by atoms with van der Waals surface area (Å²) in [5.41, 5.74) is 0.988. The molecule has 1 unspecified atom stereocenters. The maximum absolute atomic E-state index is 8.63. The van der Waals surface area contributed by atoms with Gasteiger partial charge >= 0.3 is 0 Å². The van der Waals surface area contributed by atoms with Crippen LogP contribution in [0.4, 0.5) is 0 Å². The number of allylic oxidation sites excluding steroid dienone is 4. The van der Waals surface area contributed by atoms with Crippen LogP contribution in [0, 0.1) is 17.2 Å². The summed E-state index contributed by atoms with van der Waals surface area (Å²) in [6.45, 7) is 2.03. The van der Waals surface area contributed by atoms with Crippen LogP contribution in [0.1, 0.15) is 13.3 Å². The molecule has 0 bridgehead atoms. The second kappa shape index (κ2) is 3.72. The third kappa shape index (κ3) is 2.05. The molecule has 0 fully saturated rings. The summed E-state index contributed by atoms with van der Waals surface area (Å²) in [7, 11) is 0. The van der Waals surface area contributed by atoms with Crippen LogP contribution in [-0.4, -0.2) is 6.21 Å². The molecule has 2 heteroatoms. The highest BCUT2D eigenvalue weighted by Gasteiger charge is 2.01. The quantitative estimate of drug-likeness (QED) is 0.557. The van der Waals surface area contributed by atoms with E-state index in [1.807, 2.05) is 25.2 Å². The SMILES string of the molecule is CCC1=CC(C#N)C=CC=N1. The van der Waals surface area contributed by atoms with Crippen molar-refractivity contribution in [3.8, 4) is 6.07 Å². The highest BCUT2D eigenvalue weighted by Crippen LogP contribution is 2.11. The number of nitrogens with zero attached hydrogens (tertiary/aromatic N) is 2. The molecule has 0 aromatic carbocycles. The molecule has 0 radical (unpaired) electrons. The average molecular weight is 146 g/mol. The first-order chi connectivity index (χ1) is 5.36. The summed E-state index contributed by atoms with van der Waals surface area (Å²) in [5.74, 6) is -0.104. The maximum Gasteiger partial charge on any atom is 0.0848 e. The third-order valence-corrected chi connectivity index (χ3v) is 1.53. The van der Waals surface area contributed by atoms with Crippen molar-refractivity contribution in [2.24, 2.45) is 10.9 Å². The molecule has 0 N–H and O–H groups in total. The van der Waals surface area contributed by atoms with Crippen LogP contribution in [0.5, 0.6) is 0 Å². The van der Waals surface area contributed by atoms with Crippen LogP contribution >= 0.6 is 0 Å². The number of hydrogen-bond donors (Lipinski definition) is 0. The van der Waals surface area contributed by atoms with Crippen molar-refractivity contribution in [3.05, 3.63) is 23.9 Å². The monoisotopic (exact) mass is 146 g/mol. The number of rotatable bonds is 1. The molecule has 11 heavy (non-hydrogen) atoms. The molecule has 2 nitrogen and oxygen atoms in total. The Labute approximate surface area is 66.6 Å². The van der Waals surface area contributed by atoms with Crippen LogP contribution in [0.3, 0.4) is 0 Å². The smallest absolute Gasteiger partial charge is 0.0848 e. The molecule has 0 aromatic rings. The average Bonchev–Trinajstić information content (AvgIpc) is 2.28. The topological polar surface area (TPSA) is 36.1 Å². The lowest BCUT2D eigenvalue weighted by Crippen LogP contribution is -1.86. The second-order valence-corrected chi connectivity index (χ2v) is 2.33. The van der Waals surface area contributed by atoms with E-state index in [2.05, 4.69) is 11.1 Å². The molecular formula is C9H10N2. The lowest BCUT2D eigenvalue weighted by atomic mass is 10.1. The van der Waals surface area contributed by atoms with Crippen molar-refractivity contribution in [3.63, 3.8) is 0 Å². The van der Waals surface area contributed by atoms with E-state index in [0.717, 1.165) is 12.1 Å². The van der Waals surface area contributed by atoms with Crippen molar-refractivity contribution < 1.29 is 0 Å². The summed E-state index contributed by atoms with van der Waals surface area (Å²) in [4.78, 5) is 4.14. The Kier molecular flexibility index (Phi) is 2.62. The van der Waals surface area contributed by atoms with Crippen LogP contribution < -0.4 is 0 Å². The predicted octanol–water partition coefficient (Wildman–Crippen LogP) is 2.06. The molecule has 1 heterocycles. The predicted molar refractivity (Wildman–Crippen MR) is 45.1 cm³/mol. The van der Waals surface area contributed by atoms with E-state index >= 15 is 0 Å². The number of hydrogen-bond acceptors (Lipinski definition) is 2. The van der Waals surface area contributed by atoms with E-state index in [-0.39, 0.29) is 5.92 Å². The zero-order valence-corrected chi connectivity index (χ0v) is 6.49. The summed E-state index contributed by atoms with van der Waals surface area (Å²) >= 11 is 0. The fourth-order valence-corrected chi connectivity index (χ4v) is 0.903. The molecule has 0 amide bonds. The maximum atomic E-state index is 8.63. The van der Waals surface area contributed by atoms with E-state index in [0.29, 0.717) is 0 Å². The first-order valence-corrected chi connectivity index (χ1v) is 3.68. The van der Waals surface area contributed by atoms with Gasteiger partial charge in [0.1, 0.15) is 0 Å². The molecule has 1 aliphatic heterocycles. The molecule has 0 aliphatic carbocycles. The lowest BCUT2D eigenvalue weighted by Gasteiger charge is -1.95. The summed E-state index contributed by atoms with van der Waals surface area (Å²) < 4.78 is 0. The summed E-state index contributed by atoms with van der Waals surface area (Å²) in [6, 6.07) is 2.16. The normalized spacial score (nSPS) is 22.2. The Morgan fingerprint density at radius 1 is 1.73 bits per heavy atom. The van der Waals surface area contributed by atoms with E-state index in [9.17, 15) is 0 Å². The minimum Gasteiger partial charge on any atom is -0.262 e. The van der Waals surface area contributed by atoms with Gasteiger partial charge in [0.25, 0.3) is 0 Å². The fourth-order valence-electron chi connectivity index (χ4n) is 0.903. The molecule has 56 valence electrons. The van der Waals surface area contributed by atoms with E-state index in [1.165, 1.54) is 0 Å². The Morgan fingerprint density at radius 3 is 3.18 bits per heavy atom. The molecule has 1 aliphatic rings. The standard InChI is InChI=1S/C9H10N2/c1-2-9-6-8(7-10)4-3-5-11-9/h3-6,8H,2H2,1H3. The zero-order valence-electron chi connectivity index (χ0n) is 6.49. The number of nitriles is 1. The van der Waals surface area contributed by atoms with Gasteiger partial charge in [-0.15, -0.1) is 0 Å². The fraction of sp³-hybridized carbons (Fsp3) is 0.333. The van der Waals surface area contributed by atoms with E-state index in [1.54, 1.807) is 6.21 Å². The van der Waals surface area contributed by atoms with Gasteiger partial charge in [0.05, 0.1) is 12.0 Å². The van der Waals surface area contributed by atoms with Crippen LogP contribution in [0.25, 0.3) is 0 Å².